The molecule has 2 aromatic rings. The van der Waals surface area contributed by atoms with Crippen LogP contribution < -0.4 is 19.1 Å². The van der Waals surface area contributed by atoms with Crippen molar-refractivity contribution >= 4 is 27.5 Å². The number of benzene rings is 2. The molecule has 0 aliphatic carbocycles. The summed E-state index contributed by atoms with van der Waals surface area (Å²) in [5.74, 6) is -0.102. The highest BCUT2D eigenvalue weighted by Crippen LogP contribution is 2.34. The van der Waals surface area contributed by atoms with Crippen molar-refractivity contribution in [1.29, 1.82) is 0 Å². The molecule has 2 rings (SSSR count). The van der Waals surface area contributed by atoms with E-state index in [4.69, 9.17) is 9.47 Å². The van der Waals surface area contributed by atoms with Crippen molar-refractivity contribution in [3.63, 3.8) is 0 Å². The highest BCUT2D eigenvalue weighted by molar-refractivity contribution is 7.92. The summed E-state index contributed by atoms with van der Waals surface area (Å²) >= 11 is 0. The second kappa shape index (κ2) is 13.2. The first-order valence-electron chi connectivity index (χ1n) is 11.9. The number of amides is 2. The Morgan fingerprint density at radius 3 is 2.22 bits per heavy atom. The predicted molar refractivity (Wildman–Crippen MR) is 141 cm³/mol. The number of anilines is 1. The maximum atomic E-state index is 13.7. The fourth-order valence-corrected chi connectivity index (χ4v) is 4.61. The second-order valence-electron chi connectivity index (χ2n) is 8.53. The summed E-state index contributed by atoms with van der Waals surface area (Å²) in [7, 11) is -1.02. The number of rotatable bonds is 13. The Hall–Kier alpha value is -3.27. The zero-order valence-electron chi connectivity index (χ0n) is 21.9. The number of hydrogen-bond donors (Lipinski definition) is 1. The highest BCUT2D eigenvalue weighted by atomic mass is 32.2. The van der Waals surface area contributed by atoms with Gasteiger partial charge in [-0.3, -0.25) is 13.9 Å². The average molecular weight is 520 g/mol. The van der Waals surface area contributed by atoms with Crippen LogP contribution in [0.25, 0.3) is 0 Å². The molecule has 9 nitrogen and oxygen atoms in total. The highest BCUT2D eigenvalue weighted by Gasteiger charge is 2.32. The molecule has 2 aromatic carbocycles. The molecule has 0 aromatic heterocycles. The lowest BCUT2D eigenvalue weighted by Crippen LogP contribution is -2.52. The molecule has 0 saturated heterocycles. The van der Waals surface area contributed by atoms with Gasteiger partial charge in [-0.2, -0.15) is 0 Å². The lowest BCUT2D eigenvalue weighted by atomic mass is 10.1. The number of hydrogen-bond acceptors (Lipinski definition) is 6. The summed E-state index contributed by atoms with van der Waals surface area (Å²) < 4.78 is 37.3. The normalized spacial score (nSPS) is 11.9. The molecule has 36 heavy (non-hydrogen) atoms. The van der Waals surface area contributed by atoms with Crippen molar-refractivity contribution in [2.45, 2.75) is 46.2 Å². The minimum Gasteiger partial charge on any atom is -0.497 e. The second-order valence-corrected chi connectivity index (χ2v) is 10.4. The van der Waals surface area contributed by atoms with Gasteiger partial charge in [-0.05, 0) is 37.5 Å². The molecule has 2 amide bonds. The van der Waals surface area contributed by atoms with Gasteiger partial charge in [0.05, 0.1) is 26.2 Å². The van der Waals surface area contributed by atoms with E-state index in [9.17, 15) is 18.0 Å². The minimum atomic E-state index is -3.90. The molecular weight excluding hydrogens is 482 g/mol. The number of sulfonamides is 1. The smallest absolute Gasteiger partial charge is 0.244 e. The summed E-state index contributed by atoms with van der Waals surface area (Å²) in [6.45, 7) is 5.87. The monoisotopic (exact) mass is 519 g/mol. The molecule has 0 aliphatic heterocycles. The van der Waals surface area contributed by atoms with Crippen LogP contribution in [0, 0.1) is 6.92 Å². The molecular formula is C26H37N3O6S. The summed E-state index contributed by atoms with van der Waals surface area (Å²) in [6, 6.07) is 11.6. The Labute approximate surface area is 214 Å². The molecule has 0 saturated carbocycles. The van der Waals surface area contributed by atoms with Gasteiger partial charge in [0.15, 0.2) is 0 Å². The molecule has 1 N–H and O–H groups in total. The molecule has 1 atom stereocenters. The number of nitrogens with one attached hydrogen (secondary N) is 1. The molecule has 0 aliphatic rings. The molecule has 0 spiro atoms. The van der Waals surface area contributed by atoms with Crippen molar-refractivity contribution in [2.24, 2.45) is 0 Å². The molecule has 0 unspecified atom stereocenters. The first-order chi connectivity index (χ1) is 17.0. The van der Waals surface area contributed by atoms with E-state index in [0.29, 0.717) is 18.7 Å². The van der Waals surface area contributed by atoms with E-state index in [0.717, 1.165) is 28.1 Å². The van der Waals surface area contributed by atoms with Crippen molar-refractivity contribution in [3.05, 3.63) is 53.6 Å². The van der Waals surface area contributed by atoms with E-state index in [-0.39, 0.29) is 23.9 Å². The quantitative estimate of drug-likeness (QED) is 0.436. The topological polar surface area (TPSA) is 105 Å². The van der Waals surface area contributed by atoms with Crippen LogP contribution in [0.15, 0.2) is 42.5 Å². The summed E-state index contributed by atoms with van der Waals surface area (Å²) in [4.78, 5) is 28.2. The number of methoxy groups -OCH3 is 2. The van der Waals surface area contributed by atoms with Crippen molar-refractivity contribution < 1.29 is 27.5 Å². The Kier molecular flexibility index (Phi) is 10.6. The first-order valence-corrected chi connectivity index (χ1v) is 13.7. The number of aryl methyl sites for hydroxylation is 1. The van der Waals surface area contributed by atoms with Gasteiger partial charge in [-0.15, -0.1) is 0 Å². The maximum Gasteiger partial charge on any atom is 0.244 e. The largest absolute Gasteiger partial charge is 0.497 e. The van der Waals surface area contributed by atoms with Crippen molar-refractivity contribution in [3.8, 4) is 11.5 Å². The van der Waals surface area contributed by atoms with E-state index < -0.39 is 28.5 Å². The van der Waals surface area contributed by atoms with Crippen LogP contribution in [0.3, 0.4) is 0 Å². The van der Waals surface area contributed by atoms with E-state index in [1.54, 1.807) is 12.1 Å². The Balaban J connectivity index is 2.50. The fraction of sp³-hybridized carbons (Fsp3) is 0.462. The van der Waals surface area contributed by atoms with E-state index in [2.05, 4.69) is 5.32 Å². The van der Waals surface area contributed by atoms with E-state index in [1.807, 2.05) is 45.0 Å². The van der Waals surface area contributed by atoms with E-state index in [1.165, 1.54) is 25.2 Å². The van der Waals surface area contributed by atoms with Crippen LogP contribution in [-0.2, 0) is 26.2 Å². The first kappa shape index (κ1) is 29.0. The Morgan fingerprint density at radius 1 is 1.03 bits per heavy atom. The number of carbonyl (C=O) groups excluding carboxylic acids is 2. The lowest BCUT2D eigenvalue weighted by molar-refractivity contribution is -0.140. The van der Waals surface area contributed by atoms with Gasteiger partial charge in [-0.1, -0.05) is 43.7 Å². The van der Waals surface area contributed by atoms with Crippen LogP contribution in [0.1, 0.15) is 37.8 Å². The fourth-order valence-electron chi connectivity index (χ4n) is 3.76. The number of carbonyl (C=O) groups is 2. The van der Waals surface area contributed by atoms with Crippen LogP contribution in [0.5, 0.6) is 11.5 Å². The third-order valence-electron chi connectivity index (χ3n) is 5.74. The zero-order chi connectivity index (χ0) is 26.9. The Morgan fingerprint density at radius 2 is 1.69 bits per heavy atom. The SMILES string of the molecule is CCCNC(=O)[C@@H](CC)N(Cc1ccc(C)cc1)C(=O)CN(c1cc(OC)ccc1OC)S(C)(=O)=O. The molecule has 0 radical (unpaired) electrons. The zero-order valence-corrected chi connectivity index (χ0v) is 22.7. The van der Waals surface area contributed by atoms with Gasteiger partial charge in [-0.25, -0.2) is 8.42 Å². The van der Waals surface area contributed by atoms with Gasteiger partial charge >= 0.3 is 0 Å². The van der Waals surface area contributed by atoms with Crippen LogP contribution in [0.2, 0.25) is 0 Å². The Bertz CT molecular complexity index is 1130. The summed E-state index contributed by atoms with van der Waals surface area (Å²) in [5, 5.41) is 2.86. The summed E-state index contributed by atoms with van der Waals surface area (Å²) in [5.41, 5.74) is 2.07. The molecule has 0 heterocycles. The maximum absolute atomic E-state index is 13.7. The van der Waals surface area contributed by atoms with Gasteiger partial charge in [0.2, 0.25) is 21.8 Å². The van der Waals surface area contributed by atoms with Crippen molar-refractivity contribution in [1.82, 2.24) is 10.2 Å². The molecule has 0 bridgehead atoms. The predicted octanol–water partition coefficient (Wildman–Crippen LogP) is 3.11. The van der Waals surface area contributed by atoms with E-state index >= 15 is 0 Å². The third kappa shape index (κ3) is 7.61. The molecule has 10 heteroatoms. The minimum absolute atomic E-state index is 0.157. The van der Waals surface area contributed by atoms with Gasteiger partial charge in [0.25, 0.3) is 0 Å². The van der Waals surface area contributed by atoms with Crippen molar-refractivity contribution in [2.75, 3.05) is 37.9 Å². The number of nitrogens with zero attached hydrogens (tertiary/aromatic N) is 2. The molecule has 0 fully saturated rings. The lowest BCUT2D eigenvalue weighted by Gasteiger charge is -2.33. The van der Waals surface area contributed by atoms with Crippen LogP contribution in [0.4, 0.5) is 5.69 Å². The van der Waals surface area contributed by atoms with Crippen LogP contribution in [-0.4, -0.2) is 64.7 Å². The standard InChI is InChI=1S/C26H37N3O6S/c1-7-15-27-26(31)22(8-2)28(17-20-11-9-19(3)10-12-20)25(30)18-29(36(6,32)33)23-16-21(34-4)13-14-24(23)35-5/h9-14,16,22H,7-8,15,17-18H2,1-6H3,(H,27,31)/t22-/m1/s1. The third-order valence-corrected chi connectivity index (χ3v) is 6.87. The average Bonchev–Trinajstić information content (AvgIpc) is 2.85. The summed E-state index contributed by atoms with van der Waals surface area (Å²) in [6.07, 6.45) is 2.15. The van der Waals surface area contributed by atoms with Gasteiger partial charge < -0.3 is 19.7 Å². The molecule has 198 valence electrons. The van der Waals surface area contributed by atoms with Crippen LogP contribution >= 0.6 is 0 Å². The van der Waals surface area contributed by atoms with Gasteiger partial charge in [0.1, 0.15) is 24.1 Å². The number of ether oxygens (including phenoxy) is 2. The van der Waals surface area contributed by atoms with Gasteiger partial charge in [0, 0.05) is 19.2 Å².